The van der Waals surface area contributed by atoms with Gasteiger partial charge in [0.25, 0.3) is 0 Å². The van der Waals surface area contributed by atoms with Crippen LogP contribution in [0.25, 0.3) is 11.3 Å². The molecule has 10 nitrogen and oxygen atoms in total. The van der Waals surface area contributed by atoms with E-state index >= 15 is 0 Å². The van der Waals surface area contributed by atoms with E-state index in [1.165, 1.54) is 16.7 Å². The SMILES string of the molecule is COc1ccc(C(=O)C2C(=O)CCc3cc(C)ccc32)cc1.COc1ccc(C(=O)Oc2ccccc2)cc1.COc1ccc(C(O)=C2C(=O)CCc3cc(C)ccc32)cc1.Cc1ccc2c(c1)CCC(=O)C2. The minimum absolute atomic E-state index is 0.00956. The normalized spacial score (nSPS) is 14.9. The topological polar surface area (TPSA) is 143 Å². The molecule has 1 N–H and O–H groups in total. The molecule has 0 heterocycles. The summed E-state index contributed by atoms with van der Waals surface area (Å²) in [7, 11) is 4.76. The third kappa shape index (κ3) is 13.5. The fourth-order valence-electron chi connectivity index (χ4n) is 8.98. The van der Waals surface area contributed by atoms with Crippen LogP contribution in [0.15, 0.2) is 158 Å². The van der Waals surface area contributed by atoms with Gasteiger partial charge in [0, 0.05) is 36.8 Å². The molecule has 0 fully saturated rings. The largest absolute Gasteiger partial charge is 0.507 e. The van der Waals surface area contributed by atoms with Crippen molar-refractivity contribution in [1.82, 2.24) is 0 Å². The van der Waals surface area contributed by atoms with Crippen LogP contribution in [0, 0.1) is 20.8 Å². The van der Waals surface area contributed by atoms with Crippen LogP contribution >= 0.6 is 0 Å². The summed E-state index contributed by atoms with van der Waals surface area (Å²) in [6.07, 6.45) is 4.65. The van der Waals surface area contributed by atoms with E-state index in [1.54, 1.807) is 106 Å². The Kier molecular flexibility index (Phi) is 17.7. The number of Topliss-reactive ketones (excluding diaryl/α,β-unsaturated/α-hetero) is 4. The quantitative estimate of drug-likeness (QED) is 0.0390. The highest BCUT2D eigenvalue weighted by molar-refractivity contribution is 6.28. The molecule has 3 aliphatic carbocycles. The highest BCUT2D eigenvalue weighted by atomic mass is 16.5. The molecule has 0 radical (unpaired) electrons. The van der Waals surface area contributed by atoms with Crippen molar-refractivity contribution in [3.05, 3.63) is 224 Å². The van der Waals surface area contributed by atoms with E-state index in [0.29, 0.717) is 70.3 Å². The molecule has 0 bridgehead atoms. The van der Waals surface area contributed by atoms with E-state index in [9.17, 15) is 29.1 Å². The molecular weight excluding hydrogens is 917 g/mol. The van der Waals surface area contributed by atoms with Gasteiger partial charge in [0.05, 0.1) is 32.5 Å². The first kappa shape index (κ1) is 52.5. The van der Waals surface area contributed by atoms with Crippen molar-refractivity contribution >= 4 is 40.4 Å². The molecule has 0 spiro atoms. The van der Waals surface area contributed by atoms with E-state index < -0.39 is 5.92 Å². The number of ketones is 4. The lowest BCUT2D eigenvalue weighted by atomic mass is 9.77. The highest BCUT2D eigenvalue weighted by Gasteiger charge is 2.34. The molecule has 10 rings (SSSR count). The number of hydrogen-bond acceptors (Lipinski definition) is 10. The smallest absolute Gasteiger partial charge is 0.343 e. The van der Waals surface area contributed by atoms with Gasteiger partial charge in [0.1, 0.15) is 46.2 Å². The summed E-state index contributed by atoms with van der Waals surface area (Å²) in [6.45, 7) is 6.15. The van der Waals surface area contributed by atoms with Gasteiger partial charge in [-0.1, -0.05) is 89.5 Å². The van der Waals surface area contributed by atoms with Crippen LogP contribution in [0.5, 0.6) is 23.0 Å². The van der Waals surface area contributed by atoms with E-state index in [2.05, 4.69) is 37.3 Å². The maximum atomic E-state index is 12.8. The van der Waals surface area contributed by atoms with Gasteiger partial charge in [-0.2, -0.15) is 0 Å². The minimum Gasteiger partial charge on any atom is -0.507 e. The summed E-state index contributed by atoms with van der Waals surface area (Å²) in [5, 5.41) is 10.6. The fourth-order valence-corrected chi connectivity index (χ4v) is 8.98. The number of esters is 1. The lowest BCUT2D eigenvalue weighted by Crippen LogP contribution is -2.27. The van der Waals surface area contributed by atoms with Gasteiger partial charge < -0.3 is 24.1 Å². The van der Waals surface area contributed by atoms with Crippen LogP contribution in [-0.2, 0) is 40.1 Å². The number of carbonyl (C=O) groups is 5. The monoisotopic (exact) mass is 976 g/mol. The molecule has 0 amide bonds. The average molecular weight is 977 g/mol. The molecule has 7 aromatic rings. The number of aliphatic hydroxyl groups excluding tert-OH is 1. The zero-order valence-corrected chi connectivity index (χ0v) is 42.2. The Bertz CT molecular complexity index is 3130. The van der Waals surface area contributed by atoms with Crippen LogP contribution in [0.1, 0.15) is 102 Å². The third-order valence-corrected chi connectivity index (χ3v) is 12.9. The van der Waals surface area contributed by atoms with Crippen LogP contribution in [0.2, 0.25) is 0 Å². The van der Waals surface area contributed by atoms with Crippen molar-refractivity contribution in [2.45, 2.75) is 71.6 Å². The van der Waals surface area contributed by atoms with Gasteiger partial charge in [-0.25, -0.2) is 4.79 Å². The molecule has 0 saturated heterocycles. The van der Waals surface area contributed by atoms with Gasteiger partial charge in [-0.05, 0) is 158 Å². The molecule has 0 aromatic heterocycles. The van der Waals surface area contributed by atoms with Crippen molar-refractivity contribution in [3.8, 4) is 23.0 Å². The van der Waals surface area contributed by atoms with E-state index in [1.807, 2.05) is 56.3 Å². The molecule has 1 unspecified atom stereocenters. The summed E-state index contributed by atoms with van der Waals surface area (Å²) in [6, 6.07) is 48.1. The molecule has 0 saturated carbocycles. The lowest BCUT2D eigenvalue weighted by molar-refractivity contribution is -0.120. The first-order valence-corrected chi connectivity index (χ1v) is 24.3. The summed E-state index contributed by atoms with van der Waals surface area (Å²) in [5.74, 6) is 1.91. The Morgan fingerprint density at radius 2 is 0.986 bits per heavy atom. The number of allylic oxidation sites excluding steroid dienone is 1. The lowest BCUT2D eigenvalue weighted by Gasteiger charge is -2.24. The maximum Gasteiger partial charge on any atom is 0.343 e. The van der Waals surface area contributed by atoms with E-state index in [-0.39, 0.29) is 29.1 Å². The van der Waals surface area contributed by atoms with Gasteiger partial charge in [-0.15, -0.1) is 0 Å². The van der Waals surface area contributed by atoms with E-state index in [0.717, 1.165) is 59.1 Å². The van der Waals surface area contributed by atoms with Gasteiger partial charge >= 0.3 is 5.97 Å². The minimum atomic E-state index is -0.669. The molecule has 7 aromatic carbocycles. The number of benzene rings is 7. The van der Waals surface area contributed by atoms with Gasteiger partial charge in [-0.3, -0.25) is 19.2 Å². The molecule has 73 heavy (non-hydrogen) atoms. The van der Waals surface area contributed by atoms with Gasteiger partial charge in [0.15, 0.2) is 11.6 Å². The number of aliphatic hydroxyl groups is 1. The second-order valence-corrected chi connectivity index (χ2v) is 18.1. The van der Waals surface area contributed by atoms with Crippen LogP contribution in [-0.4, -0.2) is 55.5 Å². The number of fused-ring (bicyclic) bond motifs is 3. The van der Waals surface area contributed by atoms with Crippen molar-refractivity contribution in [2.24, 2.45) is 0 Å². The number of methoxy groups -OCH3 is 3. The number of carbonyl (C=O) groups excluding carboxylic acids is 5. The predicted octanol–water partition coefficient (Wildman–Crippen LogP) is 12.4. The van der Waals surface area contributed by atoms with E-state index in [4.69, 9.17) is 18.9 Å². The summed E-state index contributed by atoms with van der Waals surface area (Å²) < 4.78 is 20.4. The van der Waals surface area contributed by atoms with Crippen molar-refractivity contribution in [1.29, 1.82) is 0 Å². The molecule has 10 heteroatoms. The zero-order chi connectivity index (χ0) is 52.0. The number of hydrogen-bond donors (Lipinski definition) is 1. The first-order valence-electron chi connectivity index (χ1n) is 24.3. The zero-order valence-electron chi connectivity index (χ0n) is 42.2. The summed E-state index contributed by atoms with van der Waals surface area (Å²) >= 11 is 0. The second kappa shape index (κ2) is 24.6. The second-order valence-electron chi connectivity index (χ2n) is 18.1. The van der Waals surface area contributed by atoms with Crippen LogP contribution in [0.3, 0.4) is 0 Å². The highest BCUT2D eigenvalue weighted by Crippen LogP contribution is 2.35. The van der Waals surface area contributed by atoms with Crippen molar-refractivity contribution in [2.75, 3.05) is 21.3 Å². The van der Waals surface area contributed by atoms with Crippen molar-refractivity contribution < 1.29 is 48.0 Å². The molecule has 3 aliphatic rings. The molecule has 1 atom stereocenters. The van der Waals surface area contributed by atoms with Gasteiger partial charge in [0.2, 0.25) is 0 Å². The number of aryl methyl sites for hydroxylation is 6. The number of rotatable bonds is 8. The Morgan fingerprint density at radius 3 is 1.59 bits per heavy atom. The Morgan fingerprint density at radius 1 is 0.479 bits per heavy atom. The van der Waals surface area contributed by atoms with Crippen LogP contribution in [0.4, 0.5) is 0 Å². The first-order chi connectivity index (χ1) is 35.2. The average Bonchev–Trinajstić information content (AvgIpc) is 3.41. The predicted molar refractivity (Wildman–Crippen MR) is 284 cm³/mol. The molecule has 0 aliphatic heterocycles. The number of ether oxygens (including phenoxy) is 4. The Labute approximate surface area is 427 Å². The Hall–Kier alpha value is -8.37. The fraction of sp³-hybridized carbons (Fsp3) is 0.222. The Balaban J connectivity index is 0.000000146. The molecular formula is C63H60O10. The summed E-state index contributed by atoms with van der Waals surface area (Å²) in [4.78, 5) is 60.3. The maximum absolute atomic E-state index is 12.8. The van der Waals surface area contributed by atoms with Crippen LogP contribution < -0.4 is 18.9 Å². The standard InChI is InChI=1S/2C19H18O3.C14H12O3.C11H12O/c2*1-12-3-9-16-14(11-12)6-10-17(20)18(16)19(21)13-4-7-15(22-2)8-5-13;1-16-12-9-7-11(8-10-12)14(15)17-13-5-3-2-4-6-13;1-8-2-3-10-7-11(12)5-4-9(10)6-8/h3-5,7-9,11,21H,6,10H2,1-2H3;3-5,7-9,11,18H,6,10H2,1-2H3;2-10H,1H3;2-3,6H,4-5,7H2,1H3. The summed E-state index contributed by atoms with van der Waals surface area (Å²) in [5.41, 5.74) is 12.2. The molecule has 372 valence electrons. The number of para-hydroxylation sites is 1. The third-order valence-electron chi connectivity index (χ3n) is 12.9. The van der Waals surface area contributed by atoms with Crippen molar-refractivity contribution in [3.63, 3.8) is 0 Å².